The number of nitrogens with one attached hydrogen (secondary N) is 3. The van der Waals surface area contributed by atoms with Crippen molar-refractivity contribution in [1.82, 2.24) is 15.5 Å². The first kappa shape index (κ1) is 20.5. The van der Waals surface area contributed by atoms with E-state index in [1.165, 1.54) is 6.42 Å². The number of anilines is 1. The first-order valence-corrected chi connectivity index (χ1v) is 9.25. The van der Waals surface area contributed by atoms with Crippen molar-refractivity contribution in [2.75, 3.05) is 31.5 Å². The average molecular weight is 381 g/mol. The van der Waals surface area contributed by atoms with Crippen LogP contribution < -0.4 is 16.0 Å². The average Bonchev–Trinajstić information content (AvgIpc) is 3.13. The molecule has 0 aromatic heterocycles. The summed E-state index contributed by atoms with van der Waals surface area (Å²) in [5.41, 5.74) is 1.90. The first-order valence-electron chi connectivity index (χ1n) is 9.25. The zero-order valence-electron chi connectivity index (χ0n) is 15.3. The van der Waals surface area contributed by atoms with Gasteiger partial charge in [0, 0.05) is 31.4 Å². The Balaban J connectivity index is 0.00000243. The molecule has 0 saturated carbocycles. The highest BCUT2D eigenvalue weighted by Gasteiger charge is 2.29. The Labute approximate surface area is 161 Å². The lowest BCUT2D eigenvalue weighted by Crippen LogP contribution is -2.48. The minimum Gasteiger partial charge on any atom is -0.354 e. The van der Waals surface area contributed by atoms with E-state index >= 15 is 0 Å². The molecule has 3 N–H and O–H groups in total. The Morgan fingerprint density at radius 1 is 1.27 bits per heavy atom. The Morgan fingerprint density at radius 2 is 2.12 bits per heavy atom. The van der Waals surface area contributed by atoms with Gasteiger partial charge in [-0.2, -0.15) is 0 Å². The summed E-state index contributed by atoms with van der Waals surface area (Å²) in [6.07, 6.45) is 4.01. The van der Waals surface area contributed by atoms with Crippen LogP contribution in [-0.4, -0.2) is 49.1 Å². The Bertz CT molecular complexity index is 619. The molecule has 1 aromatic rings. The van der Waals surface area contributed by atoms with Gasteiger partial charge in [-0.25, -0.2) is 4.79 Å². The number of halogens is 1. The second-order valence-corrected chi connectivity index (χ2v) is 7.12. The van der Waals surface area contributed by atoms with Gasteiger partial charge in [0.1, 0.15) is 0 Å². The lowest BCUT2D eigenvalue weighted by atomic mass is 9.97. The second-order valence-electron chi connectivity index (χ2n) is 7.12. The van der Waals surface area contributed by atoms with Crippen molar-refractivity contribution >= 4 is 30.0 Å². The van der Waals surface area contributed by atoms with Gasteiger partial charge in [0.2, 0.25) is 5.91 Å². The van der Waals surface area contributed by atoms with E-state index in [2.05, 4.69) is 16.0 Å². The molecule has 2 aliphatic rings. The summed E-state index contributed by atoms with van der Waals surface area (Å²) in [6.45, 7) is 4.91. The molecule has 0 radical (unpaired) electrons. The van der Waals surface area contributed by atoms with E-state index in [-0.39, 0.29) is 30.3 Å². The Hall–Kier alpha value is -1.79. The summed E-state index contributed by atoms with van der Waals surface area (Å²) in [6, 6.07) is 8.02. The fraction of sp³-hybridized carbons (Fsp3) is 0.579. The highest BCUT2D eigenvalue weighted by molar-refractivity contribution is 5.90. The van der Waals surface area contributed by atoms with Gasteiger partial charge in [-0.3, -0.25) is 4.79 Å². The highest BCUT2D eigenvalue weighted by Crippen LogP contribution is 2.18. The molecule has 0 aliphatic carbocycles. The van der Waals surface area contributed by atoms with Crippen molar-refractivity contribution in [2.45, 2.75) is 38.6 Å². The molecule has 2 saturated heterocycles. The van der Waals surface area contributed by atoms with Crippen LogP contribution in [0.25, 0.3) is 0 Å². The zero-order chi connectivity index (χ0) is 17.6. The van der Waals surface area contributed by atoms with Crippen molar-refractivity contribution in [2.24, 2.45) is 5.92 Å². The van der Waals surface area contributed by atoms with Gasteiger partial charge in [0.15, 0.2) is 0 Å². The van der Waals surface area contributed by atoms with Crippen LogP contribution in [0.5, 0.6) is 0 Å². The number of urea groups is 1. The van der Waals surface area contributed by atoms with E-state index in [4.69, 9.17) is 0 Å². The van der Waals surface area contributed by atoms with Gasteiger partial charge in [-0.1, -0.05) is 12.1 Å². The lowest BCUT2D eigenvalue weighted by Gasteiger charge is -2.32. The minimum atomic E-state index is -0.124. The van der Waals surface area contributed by atoms with Crippen LogP contribution in [0.3, 0.4) is 0 Å². The van der Waals surface area contributed by atoms with Gasteiger partial charge in [-0.05, 0) is 56.8 Å². The van der Waals surface area contributed by atoms with E-state index in [0.717, 1.165) is 37.1 Å². The van der Waals surface area contributed by atoms with Crippen molar-refractivity contribution < 1.29 is 9.59 Å². The molecule has 2 atom stereocenters. The summed E-state index contributed by atoms with van der Waals surface area (Å²) in [5, 5.41) is 9.37. The van der Waals surface area contributed by atoms with E-state index in [1.807, 2.05) is 31.2 Å². The number of nitrogens with zero attached hydrogens (tertiary/aromatic N) is 1. The first-order chi connectivity index (χ1) is 12.1. The molecule has 26 heavy (non-hydrogen) atoms. The Kier molecular flexibility index (Phi) is 7.72. The van der Waals surface area contributed by atoms with Gasteiger partial charge in [0.25, 0.3) is 0 Å². The molecule has 2 fully saturated rings. The topological polar surface area (TPSA) is 73.5 Å². The maximum Gasteiger partial charge on any atom is 0.321 e. The van der Waals surface area contributed by atoms with Crippen molar-refractivity contribution in [1.29, 1.82) is 0 Å². The zero-order valence-corrected chi connectivity index (χ0v) is 16.1. The van der Waals surface area contributed by atoms with Gasteiger partial charge < -0.3 is 20.9 Å². The predicted molar refractivity (Wildman–Crippen MR) is 106 cm³/mol. The van der Waals surface area contributed by atoms with Crippen LogP contribution in [0, 0.1) is 12.8 Å². The van der Waals surface area contributed by atoms with Crippen molar-refractivity contribution in [3.8, 4) is 0 Å². The molecule has 2 aliphatic heterocycles. The number of amides is 3. The number of hydrogen-bond acceptors (Lipinski definition) is 3. The minimum absolute atomic E-state index is 0. The monoisotopic (exact) mass is 380 g/mol. The maximum atomic E-state index is 12.5. The summed E-state index contributed by atoms with van der Waals surface area (Å²) >= 11 is 0. The molecule has 3 amide bonds. The maximum absolute atomic E-state index is 12.5. The third-order valence-electron chi connectivity index (χ3n) is 5.03. The molecule has 0 spiro atoms. The molecule has 2 unspecified atom stereocenters. The molecule has 7 heteroatoms. The van der Waals surface area contributed by atoms with Gasteiger partial charge >= 0.3 is 6.03 Å². The Morgan fingerprint density at radius 3 is 2.85 bits per heavy atom. The highest BCUT2D eigenvalue weighted by atomic mass is 35.5. The fourth-order valence-electron chi connectivity index (χ4n) is 3.60. The number of aryl methyl sites for hydroxylation is 1. The number of carbonyl (C=O) groups excluding carboxylic acids is 2. The number of hydrogen-bond donors (Lipinski definition) is 3. The molecule has 1 aromatic carbocycles. The smallest absolute Gasteiger partial charge is 0.321 e. The predicted octanol–water partition coefficient (Wildman–Crippen LogP) is 2.53. The molecular weight excluding hydrogens is 352 g/mol. The van der Waals surface area contributed by atoms with Crippen LogP contribution in [0.4, 0.5) is 10.5 Å². The molecule has 144 valence electrons. The third-order valence-corrected chi connectivity index (χ3v) is 5.03. The van der Waals surface area contributed by atoms with Gasteiger partial charge in [-0.15, -0.1) is 12.4 Å². The summed E-state index contributed by atoms with van der Waals surface area (Å²) in [5.74, 6) is -0.0415. The van der Waals surface area contributed by atoms with Crippen LogP contribution in [-0.2, 0) is 4.79 Å². The SMILES string of the molecule is Cc1cccc(NC(=O)N2CCCC(C(=O)NCC3CCCN3)C2)c1.Cl. The molecular formula is C19H29ClN4O2. The summed E-state index contributed by atoms with van der Waals surface area (Å²) in [4.78, 5) is 26.7. The van der Waals surface area contributed by atoms with E-state index in [9.17, 15) is 9.59 Å². The molecule has 2 heterocycles. The fourth-order valence-corrected chi connectivity index (χ4v) is 3.60. The van der Waals surface area contributed by atoms with Crippen LogP contribution in [0.2, 0.25) is 0 Å². The largest absolute Gasteiger partial charge is 0.354 e. The van der Waals surface area contributed by atoms with Crippen LogP contribution >= 0.6 is 12.4 Å². The number of rotatable bonds is 4. The summed E-state index contributed by atoms with van der Waals surface area (Å²) in [7, 11) is 0. The number of benzene rings is 1. The number of likely N-dealkylation sites (tertiary alicyclic amines) is 1. The number of carbonyl (C=O) groups is 2. The molecule has 6 nitrogen and oxygen atoms in total. The quantitative estimate of drug-likeness (QED) is 0.751. The lowest BCUT2D eigenvalue weighted by molar-refractivity contribution is -0.126. The summed E-state index contributed by atoms with van der Waals surface area (Å²) < 4.78 is 0. The van der Waals surface area contributed by atoms with Crippen LogP contribution in [0.15, 0.2) is 24.3 Å². The normalized spacial score (nSPS) is 22.4. The van der Waals surface area contributed by atoms with Gasteiger partial charge in [0.05, 0.1) is 5.92 Å². The van der Waals surface area contributed by atoms with Crippen molar-refractivity contribution in [3.63, 3.8) is 0 Å². The van der Waals surface area contributed by atoms with E-state index in [0.29, 0.717) is 25.7 Å². The van der Waals surface area contributed by atoms with E-state index < -0.39 is 0 Å². The molecule has 0 bridgehead atoms. The number of piperidine rings is 1. The van der Waals surface area contributed by atoms with E-state index in [1.54, 1.807) is 4.90 Å². The van der Waals surface area contributed by atoms with Crippen molar-refractivity contribution in [3.05, 3.63) is 29.8 Å². The van der Waals surface area contributed by atoms with Crippen LogP contribution in [0.1, 0.15) is 31.2 Å². The molecule has 3 rings (SSSR count). The third kappa shape index (κ3) is 5.61. The standard InChI is InChI=1S/C19H28N4O2.ClH/c1-14-5-2-7-16(11-14)22-19(25)23-10-4-6-15(13-23)18(24)21-12-17-8-3-9-20-17;/h2,5,7,11,15,17,20H,3-4,6,8-10,12-13H2,1H3,(H,21,24)(H,22,25);1H. The second kappa shape index (κ2) is 9.78.